The van der Waals surface area contributed by atoms with E-state index in [1.54, 1.807) is 21.1 Å². The average molecular weight is 857 g/mol. The van der Waals surface area contributed by atoms with Gasteiger partial charge in [-0.3, -0.25) is 0 Å². The molecular formula is C44H64Br2N4O3. The molecule has 0 bridgehead atoms. The summed E-state index contributed by atoms with van der Waals surface area (Å²) in [4.78, 5) is 4.86. The van der Waals surface area contributed by atoms with Gasteiger partial charge in [0.2, 0.25) is 0 Å². The number of likely N-dealkylation sites (N-methyl/N-ethyl adjacent to an activating group) is 2. The first-order valence-electron chi connectivity index (χ1n) is 19.0. The molecule has 2 aliphatic rings. The smallest absolute Gasteiger partial charge is 0.119 e. The van der Waals surface area contributed by atoms with Crippen LogP contribution in [0.25, 0.3) is 0 Å². The zero-order valence-electron chi connectivity index (χ0n) is 32.8. The molecular weight excluding hydrogens is 792 g/mol. The third kappa shape index (κ3) is 14.9. The summed E-state index contributed by atoms with van der Waals surface area (Å²) in [5.41, 5.74) is 4.97. The van der Waals surface area contributed by atoms with Crippen LogP contribution in [0.4, 0.5) is 22.7 Å². The molecule has 6 rings (SSSR count). The molecule has 0 saturated carbocycles. The van der Waals surface area contributed by atoms with Crippen molar-refractivity contribution in [2.75, 3.05) is 97.1 Å². The summed E-state index contributed by atoms with van der Waals surface area (Å²) in [5, 5.41) is 7.57. The van der Waals surface area contributed by atoms with Gasteiger partial charge in [-0.1, -0.05) is 36.4 Å². The highest BCUT2D eigenvalue weighted by Gasteiger charge is 2.27. The van der Waals surface area contributed by atoms with E-state index < -0.39 is 0 Å². The second-order valence-corrected chi connectivity index (χ2v) is 14.4. The number of aliphatic hydroxyl groups is 1. The minimum absolute atomic E-state index is 0. The zero-order valence-corrected chi connectivity index (χ0v) is 36.0. The molecule has 2 saturated heterocycles. The predicted octanol–water partition coefficient (Wildman–Crippen LogP) is 2.93. The van der Waals surface area contributed by atoms with Gasteiger partial charge in [0.15, 0.2) is 0 Å². The number of para-hydroxylation sites is 2. The molecule has 0 unspecified atom stereocenters. The van der Waals surface area contributed by atoms with Crippen LogP contribution in [-0.2, 0) is 0 Å². The van der Waals surface area contributed by atoms with Crippen molar-refractivity contribution in [3.8, 4) is 11.5 Å². The van der Waals surface area contributed by atoms with Crippen LogP contribution < -0.4 is 53.2 Å². The Morgan fingerprint density at radius 1 is 0.491 bits per heavy atom. The monoisotopic (exact) mass is 854 g/mol. The van der Waals surface area contributed by atoms with Crippen LogP contribution >= 0.6 is 0 Å². The highest BCUT2D eigenvalue weighted by molar-refractivity contribution is 5.64. The molecule has 0 spiro atoms. The number of piperidine rings is 2. The van der Waals surface area contributed by atoms with Crippen LogP contribution in [0.15, 0.2) is 109 Å². The SMILES string of the molecule is CCO.COc1ccc(N(CC[N+]2(C)CCCCC2)c2ccccc2)cc1.COc1ccc(N(CC[N+]2(C)CCCCC2)c2ccccc2)cc1.[Br-].[Br-]. The van der Waals surface area contributed by atoms with Crippen LogP contribution in [0.5, 0.6) is 11.5 Å². The molecule has 2 aliphatic heterocycles. The van der Waals surface area contributed by atoms with Gasteiger partial charge in [0.05, 0.1) is 80.7 Å². The first-order valence-corrected chi connectivity index (χ1v) is 19.0. The van der Waals surface area contributed by atoms with Crippen LogP contribution in [0.2, 0.25) is 0 Å². The maximum atomic E-state index is 7.57. The van der Waals surface area contributed by atoms with E-state index >= 15 is 0 Å². The molecule has 0 atom stereocenters. The number of hydrogen-bond acceptors (Lipinski definition) is 5. The van der Waals surface area contributed by atoms with Crippen molar-refractivity contribution in [2.24, 2.45) is 0 Å². The first-order chi connectivity index (χ1) is 24.8. The molecule has 4 aromatic rings. The second kappa shape index (κ2) is 24.4. The van der Waals surface area contributed by atoms with Gasteiger partial charge in [-0.25, -0.2) is 0 Å². The molecule has 53 heavy (non-hydrogen) atoms. The van der Waals surface area contributed by atoms with Crippen molar-refractivity contribution < 1.29 is 57.5 Å². The van der Waals surface area contributed by atoms with Crippen molar-refractivity contribution in [3.05, 3.63) is 109 Å². The average Bonchev–Trinajstić information content (AvgIpc) is 3.17. The number of benzene rings is 4. The Morgan fingerprint density at radius 3 is 1.06 bits per heavy atom. The Bertz CT molecular complexity index is 1380. The lowest BCUT2D eigenvalue weighted by atomic mass is 10.1. The van der Waals surface area contributed by atoms with Crippen molar-refractivity contribution in [1.82, 2.24) is 0 Å². The summed E-state index contributed by atoms with van der Waals surface area (Å²) in [5.74, 6) is 1.81. The summed E-state index contributed by atoms with van der Waals surface area (Å²) < 4.78 is 13.0. The fourth-order valence-electron chi connectivity index (χ4n) is 7.24. The van der Waals surface area contributed by atoms with Gasteiger partial charge in [0.1, 0.15) is 11.5 Å². The zero-order chi connectivity index (χ0) is 36.4. The van der Waals surface area contributed by atoms with Gasteiger partial charge in [-0.05, 0) is 118 Å². The Morgan fingerprint density at radius 2 is 0.774 bits per heavy atom. The Balaban J connectivity index is 0.000000330. The van der Waals surface area contributed by atoms with E-state index in [9.17, 15) is 0 Å². The molecule has 0 amide bonds. The van der Waals surface area contributed by atoms with Crippen LogP contribution in [-0.4, -0.2) is 101 Å². The molecule has 0 radical (unpaired) electrons. The largest absolute Gasteiger partial charge is 1.00 e. The number of halogens is 2. The summed E-state index contributed by atoms with van der Waals surface area (Å²) in [7, 11) is 8.25. The number of rotatable bonds is 12. The standard InChI is InChI=1S/2C21H29N2O.C2H6O.2BrH/c2*1-23(16-7-4-8-17-23)18-15-22(19-9-5-3-6-10-19)20-11-13-21(24-2)14-12-20;1-2-3;;/h2*3,5-6,9-14H,4,7-8,15-18H2,1-2H3;3H,2H2,1H3;2*1H/q2*+1;;;/p-2. The molecule has 4 aromatic carbocycles. The molecule has 9 heteroatoms. The lowest BCUT2D eigenvalue weighted by Gasteiger charge is -2.39. The number of hydrogen-bond donors (Lipinski definition) is 1. The highest BCUT2D eigenvalue weighted by atomic mass is 79.9. The lowest BCUT2D eigenvalue weighted by molar-refractivity contribution is -0.912. The lowest BCUT2D eigenvalue weighted by Crippen LogP contribution is -3.00. The fourth-order valence-corrected chi connectivity index (χ4v) is 7.24. The summed E-state index contributed by atoms with van der Waals surface area (Å²) in [6.45, 7) is 11.6. The highest BCUT2D eigenvalue weighted by Crippen LogP contribution is 2.29. The Labute approximate surface area is 341 Å². The Kier molecular flexibility index (Phi) is 21.2. The first kappa shape index (κ1) is 46.1. The third-order valence-corrected chi connectivity index (χ3v) is 10.4. The van der Waals surface area contributed by atoms with Crippen molar-refractivity contribution in [3.63, 3.8) is 0 Å². The molecule has 2 fully saturated rings. The van der Waals surface area contributed by atoms with Gasteiger partial charge in [0, 0.05) is 29.4 Å². The number of anilines is 4. The minimum Gasteiger partial charge on any atom is -1.00 e. The van der Waals surface area contributed by atoms with Crippen molar-refractivity contribution in [2.45, 2.75) is 45.4 Å². The second-order valence-electron chi connectivity index (χ2n) is 14.4. The van der Waals surface area contributed by atoms with E-state index in [2.05, 4.69) is 109 Å². The summed E-state index contributed by atoms with van der Waals surface area (Å²) in [6.07, 6.45) is 8.26. The number of aliphatic hydroxyl groups excluding tert-OH is 1. The van der Waals surface area contributed by atoms with E-state index in [0.29, 0.717) is 0 Å². The minimum atomic E-state index is 0. The van der Waals surface area contributed by atoms with Crippen molar-refractivity contribution in [1.29, 1.82) is 0 Å². The normalized spacial score (nSPS) is 15.4. The van der Waals surface area contributed by atoms with Gasteiger partial charge < -0.3 is 67.3 Å². The van der Waals surface area contributed by atoms with Gasteiger partial charge in [-0.15, -0.1) is 0 Å². The topological polar surface area (TPSA) is 45.2 Å². The number of nitrogens with zero attached hydrogens (tertiary/aromatic N) is 4. The van der Waals surface area contributed by atoms with Crippen molar-refractivity contribution >= 4 is 22.7 Å². The molecule has 0 aromatic heterocycles. The van der Waals surface area contributed by atoms with E-state index in [4.69, 9.17) is 14.6 Å². The molecule has 1 N–H and O–H groups in total. The Hall–Kier alpha value is -3.08. The maximum Gasteiger partial charge on any atom is 0.119 e. The number of methoxy groups -OCH3 is 2. The fraction of sp³-hybridized carbons (Fsp3) is 0.455. The number of quaternary nitrogens is 2. The van der Waals surface area contributed by atoms with Crippen LogP contribution in [0, 0.1) is 0 Å². The third-order valence-electron chi connectivity index (χ3n) is 10.4. The number of likely N-dealkylation sites (tertiary alicyclic amines) is 2. The van der Waals surface area contributed by atoms with E-state index in [0.717, 1.165) is 24.6 Å². The van der Waals surface area contributed by atoms with Gasteiger partial charge in [-0.2, -0.15) is 0 Å². The molecule has 2 heterocycles. The van der Waals surface area contributed by atoms with Crippen LogP contribution in [0.1, 0.15) is 45.4 Å². The predicted molar refractivity (Wildman–Crippen MR) is 215 cm³/mol. The number of ether oxygens (including phenoxy) is 2. The molecule has 292 valence electrons. The van der Waals surface area contributed by atoms with E-state index in [1.807, 2.05) is 24.3 Å². The van der Waals surface area contributed by atoms with E-state index in [1.165, 1.54) is 110 Å². The maximum absolute atomic E-state index is 7.57. The van der Waals surface area contributed by atoms with Crippen LogP contribution in [0.3, 0.4) is 0 Å². The summed E-state index contributed by atoms with van der Waals surface area (Å²) in [6, 6.07) is 38.2. The van der Waals surface area contributed by atoms with E-state index in [-0.39, 0.29) is 40.6 Å². The summed E-state index contributed by atoms with van der Waals surface area (Å²) >= 11 is 0. The molecule has 0 aliphatic carbocycles. The molecule has 7 nitrogen and oxygen atoms in total. The van der Waals surface area contributed by atoms with Gasteiger partial charge in [0.25, 0.3) is 0 Å². The van der Waals surface area contributed by atoms with Gasteiger partial charge >= 0.3 is 0 Å². The quantitative estimate of drug-likeness (QED) is 0.223.